The van der Waals surface area contributed by atoms with Gasteiger partial charge in [0.15, 0.2) is 0 Å². The Balaban J connectivity index is 2.28. The predicted octanol–water partition coefficient (Wildman–Crippen LogP) is 2.82. The lowest BCUT2D eigenvalue weighted by atomic mass is 9.84. The molecule has 0 aromatic heterocycles. The number of carbonyl (C=O) groups excluding carboxylic acids is 3. The van der Waals surface area contributed by atoms with Gasteiger partial charge < -0.3 is 10.6 Å². The number of nitrogens with one attached hydrogen (secondary N) is 2. The van der Waals surface area contributed by atoms with Gasteiger partial charge in [-0.15, -0.1) is 0 Å². The first-order valence-corrected chi connectivity index (χ1v) is 9.72. The molecule has 1 heterocycles. The van der Waals surface area contributed by atoms with E-state index in [1.165, 1.54) is 24.3 Å². The lowest BCUT2D eigenvalue weighted by molar-refractivity contribution is -0.136. The molecule has 1 fully saturated rings. The number of nitriles is 1. The van der Waals surface area contributed by atoms with Crippen LogP contribution in [0.2, 0.25) is 0 Å². The normalized spacial score (nSPS) is 20.9. The van der Waals surface area contributed by atoms with Crippen LogP contribution in [0, 0.1) is 23.1 Å². The number of benzene rings is 1. The molecule has 0 saturated carbocycles. The smallest absolute Gasteiger partial charge is 0.325 e. The number of rotatable bonds is 8. The number of nitrogens with zero attached hydrogens (tertiary/aromatic N) is 2. The fourth-order valence-corrected chi connectivity index (χ4v) is 3.23. The summed E-state index contributed by atoms with van der Waals surface area (Å²) in [5.74, 6) is -1.77. The second kappa shape index (κ2) is 8.60. The molecule has 29 heavy (non-hydrogen) atoms. The van der Waals surface area contributed by atoms with Crippen molar-refractivity contribution in [3.05, 3.63) is 35.6 Å². The second-order valence-corrected chi connectivity index (χ2v) is 7.85. The molecule has 1 saturated heterocycles. The van der Waals surface area contributed by atoms with E-state index < -0.39 is 41.3 Å². The maximum absolute atomic E-state index is 13.4. The average Bonchev–Trinajstić information content (AvgIpc) is 2.91. The average molecular weight is 402 g/mol. The zero-order valence-electron chi connectivity index (χ0n) is 17.2. The van der Waals surface area contributed by atoms with E-state index in [0.717, 1.165) is 11.3 Å². The van der Waals surface area contributed by atoms with Gasteiger partial charge in [-0.3, -0.25) is 14.5 Å². The fourth-order valence-electron chi connectivity index (χ4n) is 3.23. The molecule has 1 aliphatic rings. The third-order valence-electron chi connectivity index (χ3n) is 5.51. The summed E-state index contributed by atoms with van der Waals surface area (Å²) in [6.07, 6.45) is 1.78. The van der Waals surface area contributed by atoms with Crippen LogP contribution >= 0.6 is 0 Å². The molecule has 1 aromatic carbocycles. The molecule has 2 N–H and O–H groups in total. The van der Waals surface area contributed by atoms with E-state index in [4.69, 9.17) is 0 Å². The largest absolute Gasteiger partial charge is 0.336 e. The van der Waals surface area contributed by atoms with E-state index >= 15 is 0 Å². The SMILES string of the molecule is CCCC[C@]1(c2ccc(F)cc2)NC(=O)N(CC(=O)N[C@@](C)(C#N)C(C)C)C1=O. The number of hydrogen-bond donors (Lipinski definition) is 2. The van der Waals surface area contributed by atoms with Gasteiger partial charge in [-0.25, -0.2) is 9.18 Å². The Hall–Kier alpha value is -2.95. The molecular weight excluding hydrogens is 375 g/mol. The minimum atomic E-state index is -1.34. The maximum Gasteiger partial charge on any atom is 0.325 e. The molecule has 0 unspecified atom stereocenters. The lowest BCUT2D eigenvalue weighted by Gasteiger charge is -2.29. The van der Waals surface area contributed by atoms with Crippen LogP contribution in [0.3, 0.4) is 0 Å². The van der Waals surface area contributed by atoms with Crippen molar-refractivity contribution in [3.8, 4) is 6.07 Å². The van der Waals surface area contributed by atoms with Crippen molar-refractivity contribution in [1.29, 1.82) is 5.26 Å². The molecule has 156 valence electrons. The van der Waals surface area contributed by atoms with Gasteiger partial charge in [0.2, 0.25) is 5.91 Å². The number of carbonyl (C=O) groups is 3. The van der Waals surface area contributed by atoms with Crippen LogP contribution in [0.25, 0.3) is 0 Å². The van der Waals surface area contributed by atoms with Gasteiger partial charge in [0.1, 0.15) is 23.4 Å². The summed E-state index contributed by atoms with van der Waals surface area (Å²) in [5, 5.41) is 14.7. The molecule has 2 atom stereocenters. The quantitative estimate of drug-likeness (QED) is 0.653. The van der Waals surface area contributed by atoms with Gasteiger partial charge in [-0.1, -0.05) is 45.7 Å². The summed E-state index contributed by atoms with van der Waals surface area (Å²) < 4.78 is 13.4. The Morgan fingerprint density at radius 3 is 2.48 bits per heavy atom. The first kappa shape index (κ1) is 22.3. The van der Waals surface area contributed by atoms with Gasteiger partial charge >= 0.3 is 6.03 Å². The maximum atomic E-state index is 13.4. The number of amides is 4. The molecule has 7 nitrogen and oxygen atoms in total. The first-order valence-electron chi connectivity index (χ1n) is 9.72. The van der Waals surface area contributed by atoms with Crippen molar-refractivity contribution in [2.45, 2.75) is 58.0 Å². The molecule has 0 bridgehead atoms. The Kier molecular flexibility index (Phi) is 6.62. The van der Waals surface area contributed by atoms with Gasteiger partial charge in [0.05, 0.1) is 6.07 Å². The van der Waals surface area contributed by atoms with Crippen LogP contribution in [-0.2, 0) is 15.1 Å². The highest BCUT2D eigenvalue weighted by Crippen LogP contribution is 2.34. The molecule has 4 amide bonds. The third kappa shape index (κ3) is 4.39. The van der Waals surface area contributed by atoms with E-state index in [1.54, 1.807) is 20.8 Å². The predicted molar refractivity (Wildman–Crippen MR) is 105 cm³/mol. The van der Waals surface area contributed by atoms with E-state index in [9.17, 15) is 24.0 Å². The highest BCUT2D eigenvalue weighted by Gasteiger charge is 2.52. The van der Waals surface area contributed by atoms with Crippen LogP contribution < -0.4 is 10.6 Å². The Labute approximate surface area is 170 Å². The van der Waals surface area contributed by atoms with Crippen LogP contribution in [0.5, 0.6) is 0 Å². The summed E-state index contributed by atoms with van der Waals surface area (Å²) in [6.45, 7) is 6.64. The highest BCUT2D eigenvalue weighted by atomic mass is 19.1. The summed E-state index contributed by atoms with van der Waals surface area (Å²) in [7, 11) is 0. The lowest BCUT2D eigenvalue weighted by Crippen LogP contribution is -2.52. The second-order valence-electron chi connectivity index (χ2n) is 7.85. The van der Waals surface area contributed by atoms with E-state index in [2.05, 4.69) is 16.7 Å². The monoisotopic (exact) mass is 402 g/mol. The first-order chi connectivity index (χ1) is 13.6. The summed E-state index contributed by atoms with van der Waals surface area (Å²) in [6, 6.07) is 6.78. The third-order valence-corrected chi connectivity index (χ3v) is 5.51. The molecule has 1 aliphatic heterocycles. The molecule has 0 radical (unpaired) electrons. The van der Waals surface area contributed by atoms with Crippen molar-refractivity contribution in [1.82, 2.24) is 15.5 Å². The number of imide groups is 1. The minimum absolute atomic E-state index is 0.164. The van der Waals surface area contributed by atoms with E-state index in [0.29, 0.717) is 18.4 Å². The Bertz CT molecular complexity index is 833. The Morgan fingerprint density at radius 2 is 1.97 bits per heavy atom. The van der Waals surface area contributed by atoms with Crippen LogP contribution in [0.15, 0.2) is 24.3 Å². The summed E-state index contributed by atoms with van der Waals surface area (Å²) >= 11 is 0. The van der Waals surface area contributed by atoms with Crippen molar-refractivity contribution < 1.29 is 18.8 Å². The molecule has 0 spiro atoms. The standard InChI is InChI=1S/C21H27FN4O3/c1-5-6-11-21(15-7-9-16(22)10-8-15)18(28)26(19(29)25-21)12-17(27)24-20(4,13-23)14(2)3/h7-10,14H,5-6,11-12H2,1-4H3,(H,24,27)(H,25,29)/t20-,21+/m0/s1. The molecular formula is C21H27FN4O3. The van der Waals surface area contributed by atoms with E-state index in [-0.39, 0.29) is 5.92 Å². The van der Waals surface area contributed by atoms with Gasteiger partial charge in [-0.05, 0) is 37.0 Å². The van der Waals surface area contributed by atoms with Crippen molar-refractivity contribution in [3.63, 3.8) is 0 Å². The van der Waals surface area contributed by atoms with Crippen LogP contribution in [0.4, 0.5) is 9.18 Å². The van der Waals surface area contributed by atoms with E-state index in [1.807, 2.05) is 6.92 Å². The summed E-state index contributed by atoms with van der Waals surface area (Å²) in [4.78, 5) is 39.2. The van der Waals surface area contributed by atoms with Crippen LogP contribution in [-0.4, -0.2) is 34.8 Å². The van der Waals surface area contributed by atoms with Gasteiger partial charge in [0, 0.05) is 0 Å². The summed E-state index contributed by atoms with van der Waals surface area (Å²) in [5.41, 5.74) is -1.98. The van der Waals surface area contributed by atoms with Gasteiger partial charge in [-0.2, -0.15) is 5.26 Å². The molecule has 0 aliphatic carbocycles. The fraction of sp³-hybridized carbons (Fsp3) is 0.524. The van der Waals surface area contributed by atoms with Gasteiger partial charge in [0.25, 0.3) is 5.91 Å². The van der Waals surface area contributed by atoms with Crippen LogP contribution in [0.1, 0.15) is 52.5 Å². The molecule has 1 aromatic rings. The topological polar surface area (TPSA) is 102 Å². The molecule has 2 rings (SSSR count). The number of unbranched alkanes of at least 4 members (excludes halogenated alkanes) is 1. The highest BCUT2D eigenvalue weighted by molar-refractivity contribution is 6.09. The van der Waals surface area contributed by atoms with Crippen molar-refractivity contribution >= 4 is 17.8 Å². The zero-order valence-corrected chi connectivity index (χ0v) is 17.2. The number of hydrogen-bond acceptors (Lipinski definition) is 4. The number of urea groups is 1. The Morgan fingerprint density at radius 1 is 1.34 bits per heavy atom. The molecule has 8 heteroatoms. The van der Waals surface area contributed by atoms with Crippen molar-refractivity contribution in [2.24, 2.45) is 5.92 Å². The minimum Gasteiger partial charge on any atom is -0.336 e. The number of halogens is 1. The zero-order chi connectivity index (χ0) is 21.8. The van der Waals surface area contributed by atoms with Crippen molar-refractivity contribution in [2.75, 3.05) is 6.54 Å².